The standard InChI is InChI=1S/C8H14N4OS/c1-5-6(13)7(14-8(9)10)11-3-4-12(5)2/h3-6,13H,1-2H3,(H3,9,10). The summed E-state index contributed by atoms with van der Waals surface area (Å²) in [5, 5.41) is 17.4. The van der Waals surface area contributed by atoms with E-state index in [0.29, 0.717) is 5.04 Å². The molecule has 0 amide bonds. The fourth-order valence-electron chi connectivity index (χ4n) is 1.05. The molecule has 2 atom stereocenters. The lowest BCUT2D eigenvalue weighted by atomic mass is 10.2. The Bertz CT molecular complexity index is 289. The normalized spacial score (nSPS) is 27.1. The first-order valence-corrected chi connectivity index (χ1v) is 5.00. The van der Waals surface area contributed by atoms with Gasteiger partial charge in [-0.25, -0.2) is 4.99 Å². The van der Waals surface area contributed by atoms with E-state index in [2.05, 4.69) is 4.99 Å². The summed E-state index contributed by atoms with van der Waals surface area (Å²) < 4.78 is 0. The van der Waals surface area contributed by atoms with Crippen molar-refractivity contribution in [3.63, 3.8) is 0 Å². The van der Waals surface area contributed by atoms with Gasteiger partial charge in [0.1, 0.15) is 11.1 Å². The molecular formula is C8H14N4OS. The molecule has 0 aromatic heterocycles. The van der Waals surface area contributed by atoms with E-state index in [1.165, 1.54) is 0 Å². The summed E-state index contributed by atoms with van der Waals surface area (Å²) in [5.41, 5.74) is 5.23. The van der Waals surface area contributed by atoms with Gasteiger partial charge < -0.3 is 15.7 Å². The minimum absolute atomic E-state index is 0.0621. The summed E-state index contributed by atoms with van der Waals surface area (Å²) in [6.45, 7) is 1.89. The lowest BCUT2D eigenvalue weighted by Gasteiger charge is -2.25. The molecule has 0 saturated carbocycles. The highest BCUT2D eigenvalue weighted by Crippen LogP contribution is 2.16. The van der Waals surface area contributed by atoms with Gasteiger partial charge in [-0.05, 0) is 18.7 Å². The number of amidine groups is 1. The molecule has 1 heterocycles. The van der Waals surface area contributed by atoms with Crippen LogP contribution in [0.15, 0.2) is 17.4 Å². The second-order valence-corrected chi connectivity index (χ2v) is 4.14. The molecule has 5 nitrogen and oxygen atoms in total. The summed E-state index contributed by atoms with van der Waals surface area (Å²) in [7, 11) is 1.86. The molecule has 78 valence electrons. The maximum absolute atomic E-state index is 9.85. The molecule has 0 spiro atoms. The second-order valence-electron chi connectivity index (χ2n) is 3.08. The highest BCUT2D eigenvalue weighted by Gasteiger charge is 2.24. The van der Waals surface area contributed by atoms with E-state index in [-0.39, 0.29) is 11.2 Å². The fourth-order valence-corrected chi connectivity index (χ4v) is 1.71. The Morgan fingerprint density at radius 1 is 1.79 bits per heavy atom. The molecule has 0 fully saturated rings. The summed E-state index contributed by atoms with van der Waals surface area (Å²) in [4.78, 5) is 5.89. The largest absolute Gasteiger partial charge is 0.384 e. The summed E-state index contributed by atoms with van der Waals surface area (Å²) in [6, 6.07) is -0.0700. The lowest BCUT2D eigenvalue weighted by molar-refractivity contribution is 0.153. The van der Waals surface area contributed by atoms with Crippen LogP contribution in [0.2, 0.25) is 0 Å². The van der Waals surface area contributed by atoms with E-state index in [9.17, 15) is 5.11 Å². The summed E-state index contributed by atoms with van der Waals surface area (Å²) in [6.07, 6.45) is 2.67. The summed E-state index contributed by atoms with van der Waals surface area (Å²) in [5.74, 6) is 0. The zero-order valence-corrected chi connectivity index (χ0v) is 8.95. The molecule has 0 bridgehead atoms. The molecule has 14 heavy (non-hydrogen) atoms. The maximum atomic E-state index is 9.85. The van der Waals surface area contributed by atoms with Crippen LogP contribution in [-0.2, 0) is 0 Å². The van der Waals surface area contributed by atoms with Crippen LogP contribution in [0, 0.1) is 5.41 Å². The molecule has 0 saturated heterocycles. The maximum Gasteiger partial charge on any atom is 0.157 e. The number of aliphatic hydroxyl groups excluding tert-OH is 1. The Labute approximate surface area is 87.2 Å². The highest BCUT2D eigenvalue weighted by molar-refractivity contribution is 8.26. The zero-order valence-electron chi connectivity index (χ0n) is 8.14. The van der Waals surface area contributed by atoms with Crippen molar-refractivity contribution < 1.29 is 5.11 Å². The van der Waals surface area contributed by atoms with Gasteiger partial charge in [0.2, 0.25) is 0 Å². The van der Waals surface area contributed by atoms with Gasteiger partial charge in [-0.15, -0.1) is 0 Å². The first-order chi connectivity index (χ1) is 6.52. The third-order valence-corrected chi connectivity index (χ3v) is 2.85. The van der Waals surface area contributed by atoms with E-state index in [1.807, 2.05) is 18.9 Å². The average Bonchev–Trinajstić information content (AvgIpc) is 2.21. The van der Waals surface area contributed by atoms with Crippen molar-refractivity contribution in [1.82, 2.24) is 4.90 Å². The molecule has 1 aliphatic rings. The van der Waals surface area contributed by atoms with E-state index in [0.717, 1.165) is 11.8 Å². The molecule has 0 aliphatic carbocycles. The molecule has 1 aliphatic heterocycles. The number of likely N-dealkylation sites (N-methyl/N-ethyl adjacent to an activating group) is 1. The molecule has 4 N–H and O–H groups in total. The molecule has 2 unspecified atom stereocenters. The Kier molecular flexibility index (Phi) is 3.54. The predicted octanol–water partition coefficient (Wildman–Crippen LogP) is 0.178. The van der Waals surface area contributed by atoms with Gasteiger partial charge in [-0.3, -0.25) is 5.41 Å². The van der Waals surface area contributed by atoms with Gasteiger partial charge in [0.25, 0.3) is 0 Å². The molecule has 6 heteroatoms. The SMILES string of the molecule is CC1C(O)C(SC(=N)N)=NC=CN1C. The number of aliphatic hydroxyl groups is 1. The Hall–Kier alpha value is -1.01. The van der Waals surface area contributed by atoms with Gasteiger partial charge in [-0.2, -0.15) is 0 Å². The molecule has 0 radical (unpaired) electrons. The van der Waals surface area contributed by atoms with E-state index in [4.69, 9.17) is 11.1 Å². The fraction of sp³-hybridized carbons (Fsp3) is 0.500. The van der Waals surface area contributed by atoms with Crippen molar-refractivity contribution in [2.75, 3.05) is 7.05 Å². The number of nitrogens with two attached hydrogens (primary N) is 1. The third kappa shape index (κ3) is 2.49. The number of thioether (sulfide) groups is 1. The first-order valence-electron chi connectivity index (χ1n) is 4.18. The molecule has 1 rings (SSSR count). The Morgan fingerprint density at radius 2 is 2.43 bits per heavy atom. The number of rotatable bonds is 0. The van der Waals surface area contributed by atoms with Gasteiger partial charge >= 0.3 is 0 Å². The predicted molar refractivity (Wildman–Crippen MR) is 59.3 cm³/mol. The van der Waals surface area contributed by atoms with Crippen LogP contribution in [0.25, 0.3) is 0 Å². The lowest BCUT2D eigenvalue weighted by Crippen LogP contribution is -2.39. The Morgan fingerprint density at radius 3 is 3.00 bits per heavy atom. The van der Waals surface area contributed by atoms with Crippen LogP contribution in [0.4, 0.5) is 0 Å². The van der Waals surface area contributed by atoms with Gasteiger partial charge in [0.05, 0.1) is 6.04 Å². The average molecular weight is 214 g/mol. The van der Waals surface area contributed by atoms with Crippen molar-refractivity contribution in [1.29, 1.82) is 5.41 Å². The van der Waals surface area contributed by atoms with Crippen molar-refractivity contribution in [2.24, 2.45) is 10.7 Å². The van der Waals surface area contributed by atoms with Crippen LogP contribution in [0.5, 0.6) is 0 Å². The van der Waals surface area contributed by atoms with Gasteiger partial charge in [-0.1, -0.05) is 0 Å². The van der Waals surface area contributed by atoms with Gasteiger partial charge in [0.15, 0.2) is 5.17 Å². The van der Waals surface area contributed by atoms with E-state index >= 15 is 0 Å². The minimum Gasteiger partial charge on any atom is -0.384 e. The topological polar surface area (TPSA) is 85.7 Å². The van der Waals surface area contributed by atoms with Crippen molar-refractivity contribution >= 4 is 22.0 Å². The van der Waals surface area contributed by atoms with Crippen LogP contribution in [-0.4, -0.2) is 39.4 Å². The molecule has 0 aromatic carbocycles. The number of hydrogen-bond donors (Lipinski definition) is 3. The van der Waals surface area contributed by atoms with Crippen LogP contribution >= 0.6 is 11.8 Å². The highest BCUT2D eigenvalue weighted by atomic mass is 32.2. The van der Waals surface area contributed by atoms with Crippen molar-refractivity contribution in [2.45, 2.75) is 19.1 Å². The van der Waals surface area contributed by atoms with Crippen LogP contribution in [0.3, 0.4) is 0 Å². The summed E-state index contributed by atoms with van der Waals surface area (Å²) >= 11 is 0.986. The van der Waals surface area contributed by atoms with Crippen LogP contribution in [0.1, 0.15) is 6.92 Å². The number of hydrogen-bond acceptors (Lipinski definition) is 5. The first kappa shape index (κ1) is 11.1. The molecular weight excluding hydrogens is 200 g/mol. The number of aliphatic imine (C=N–C) groups is 1. The minimum atomic E-state index is -0.705. The van der Waals surface area contributed by atoms with Gasteiger partial charge in [0, 0.05) is 19.4 Å². The molecule has 0 aromatic rings. The van der Waals surface area contributed by atoms with E-state index in [1.54, 1.807) is 12.4 Å². The Balaban J connectivity index is 2.81. The third-order valence-electron chi connectivity index (χ3n) is 2.07. The number of nitrogens with zero attached hydrogens (tertiary/aromatic N) is 2. The zero-order chi connectivity index (χ0) is 10.7. The monoisotopic (exact) mass is 214 g/mol. The smallest absolute Gasteiger partial charge is 0.157 e. The number of nitrogens with one attached hydrogen (secondary N) is 1. The van der Waals surface area contributed by atoms with Crippen molar-refractivity contribution in [3.05, 3.63) is 12.4 Å². The van der Waals surface area contributed by atoms with E-state index < -0.39 is 6.10 Å². The van der Waals surface area contributed by atoms with Crippen molar-refractivity contribution in [3.8, 4) is 0 Å². The second kappa shape index (κ2) is 4.47. The quantitative estimate of drug-likeness (QED) is 0.396. The van der Waals surface area contributed by atoms with Crippen LogP contribution < -0.4 is 5.73 Å².